The number of thioether (sulfide) groups is 1. The number of nitrogens with zero attached hydrogens (tertiary/aromatic N) is 1. The molecular formula is C11H26IN3OS. The first kappa shape index (κ1) is 19.6. The lowest BCUT2D eigenvalue weighted by molar-refractivity contribution is 0.204. The molecule has 3 N–H and O–H groups in total. The first-order chi connectivity index (χ1) is 7.66. The van der Waals surface area contributed by atoms with Gasteiger partial charge in [-0.05, 0) is 23.8 Å². The van der Waals surface area contributed by atoms with E-state index >= 15 is 0 Å². The van der Waals surface area contributed by atoms with E-state index in [0.717, 1.165) is 24.6 Å². The molecule has 17 heavy (non-hydrogen) atoms. The number of nitrogens with two attached hydrogens (primary N) is 1. The molecule has 0 aliphatic rings. The van der Waals surface area contributed by atoms with Crippen LogP contribution in [0.1, 0.15) is 20.3 Å². The summed E-state index contributed by atoms with van der Waals surface area (Å²) >= 11 is 1.98. The summed E-state index contributed by atoms with van der Waals surface area (Å²) in [5.41, 5.74) is 5.65. The van der Waals surface area contributed by atoms with Gasteiger partial charge >= 0.3 is 0 Å². The van der Waals surface area contributed by atoms with Gasteiger partial charge in [-0.2, -0.15) is 11.8 Å². The van der Waals surface area contributed by atoms with Gasteiger partial charge in [-0.15, -0.1) is 24.0 Å². The topological polar surface area (TPSA) is 59.6 Å². The Hall–Kier alpha value is 0.310. The highest BCUT2D eigenvalue weighted by Crippen LogP contribution is 2.08. The third-order valence-electron chi connectivity index (χ3n) is 1.79. The number of rotatable bonds is 9. The Kier molecular flexibility index (Phi) is 16.6. The van der Waals surface area contributed by atoms with E-state index in [9.17, 15) is 0 Å². The number of ether oxygens (including phenoxy) is 1. The van der Waals surface area contributed by atoms with Gasteiger partial charge in [0.05, 0.1) is 6.61 Å². The van der Waals surface area contributed by atoms with Gasteiger partial charge in [0.1, 0.15) is 0 Å². The maximum absolute atomic E-state index is 5.65. The number of hydrogen-bond donors (Lipinski definition) is 2. The van der Waals surface area contributed by atoms with Crippen LogP contribution in [-0.4, -0.2) is 44.3 Å². The summed E-state index contributed by atoms with van der Waals surface area (Å²) in [6, 6.07) is 0. The number of methoxy groups -OCH3 is 1. The molecule has 4 nitrogen and oxygen atoms in total. The molecule has 0 aliphatic heterocycles. The van der Waals surface area contributed by atoms with Gasteiger partial charge in [0, 0.05) is 20.2 Å². The van der Waals surface area contributed by atoms with Crippen LogP contribution in [0.5, 0.6) is 0 Å². The fourth-order valence-corrected chi connectivity index (χ4v) is 1.99. The van der Waals surface area contributed by atoms with Gasteiger partial charge in [0.2, 0.25) is 0 Å². The van der Waals surface area contributed by atoms with Crippen molar-refractivity contribution in [1.29, 1.82) is 0 Å². The van der Waals surface area contributed by atoms with Crippen LogP contribution in [0.25, 0.3) is 0 Å². The Bertz CT molecular complexity index is 192. The van der Waals surface area contributed by atoms with Gasteiger partial charge in [-0.1, -0.05) is 13.8 Å². The third-order valence-corrected chi connectivity index (χ3v) is 3.27. The Morgan fingerprint density at radius 2 is 2.18 bits per heavy atom. The lowest BCUT2D eigenvalue weighted by Crippen LogP contribution is -2.34. The van der Waals surface area contributed by atoms with Crippen LogP contribution >= 0.6 is 35.7 Å². The molecule has 0 radical (unpaired) electrons. The molecule has 0 aliphatic carbocycles. The van der Waals surface area contributed by atoms with Crippen molar-refractivity contribution in [2.24, 2.45) is 16.6 Å². The average molecular weight is 375 g/mol. The average Bonchev–Trinajstić information content (AvgIpc) is 2.23. The van der Waals surface area contributed by atoms with E-state index in [4.69, 9.17) is 10.5 Å². The Balaban J connectivity index is 0. The lowest BCUT2D eigenvalue weighted by Gasteiger charge is -2.05. The molecule has 0 aromatic rings. The third kappa shape index (κ3) is 16.3. The van der Waals surface area contributed by atoms with Crippen LogP contribution < -0.4 is 11.1 Å². The number of hydrogen-bond acceptors (Lipinski definition) is 3. The highest BCUT2D eigenvalue weighted by molar-refractivity contribution is 14.0. The SMILES string of the molecule is COCCNC(N)=NCCCSCC(C)C.I. The summed E-state index contributed by atoms with van der Waals surface area (Å²) in [4.78, 5) is 4.23. The summed E-state index contributed by atoms with van der Waals surface area (Å²) in [5.74, 6) is 3.68. The quantitative estimate of drug-likeness (QED) is 0.280. The van der Waals surface area contributed by atoms with Gasteiger partial charge < -0.3 is 15.8 Å². The molecule has 0 saturated heterocycles. The van der Waals surface area contributed by atoms with Crippen LogP contribution in [0.3, 0.4) is 0 Å². The normalized spacial score (nSPS) is 11.4. The van der Waals surface area contributed by atoms with Gasteiger partial charge in [-0.3, -0.25) is 4.99 Å². The highest BCUT2D eigenvalue weighted by atomic mass is 127. The Labute approximate surface area is 127 Å². The van der Waals surface area contributed by atoms with E-state index in [2.05, 4.69) is 24.2 Å². The minimum absolute atomic E-state index is 0. The van der Waals surface area contributed by atoms with E-state index in [1.54, 1.807) is 7.11 Å². The van der Waals surface area contributed by atoms with Crippen LogP contribution in [0.4, 0.5) is 0 Å². The smallest absolute Gasteiger partial charge is 0.188 e. The largest absolute Gasteiger partial charge is 0.383 e. The summed E-state index contributed by atoms with van der Waals surface area (Å²) in [5, 5.41) is 2.99. The highest BCUT2D eigenvalue weighted by Gasteiger charge is 1.94. The molecule has 0 rings (SSSR count). The van der Waals surface area contributed by atoms with E-state index in [1.807, 2.05) is 11.8 Å². The van der Waals surface area contributed by atoms with Gasteiger partial charge in [-0.25, -0.2) is 0 Å². The summed E-state index contributed by atoms with van der Waals surface area (Å²) in [6.45, 7) is 6.65. The number of guanidine groups is 1. The van der Waals surface area contributed by atoms with E-state index in [1.165, 1.54) is 5.75 Å². The maximum Gasteiger partial charge on any atom is 0.188 e. The van der Waals surface area contributed by atoms with E-state index in [-0.39, 0.29) is 24.0 Å². The second kappa shape index (κ2) is 14.4. The second-order valence-corrected chi connectivity index (χ2v) is 5.16. The van der Waals surface area contributed by atoms with Gasteiger partial charge in [0.25, 0.3) is 0 Å². The molecule has 0 spiro atoms. The predicted molar refractivity (Wildman–Crippen MR) is 88.6 cm³/mol. The Morgan fingerprint density at radius 1 is 1.47 bits per heavy atom. The van der Waals surface area contributed by atoms with Crippen molar-refractivity contribution in [3.05, 3.63) is 0 Å². The number of aliphatic imine (C=N–C) groups is 1. The van der Waals surface area contributed by atoms with Crippen molar-refractivity contribution >= 4 is 41.7 Å². The first-order valence-electron chi connectivity index (χ1n) is 5.77. The van der Waals surface area contributed by atoms with Crippen molar-refractivity contribution in [2.75, 3.05) is 38.3 Å². The molecule has 0 unspecified atom stereocenters. The molecular weight excluding hydrogens is 349 g/mol. The maximum atomic E-state index is 5.65. The van der Waals surface area contributed by atoms with Crippen LogP contribution in [-0.2, 0) is 4.74 Å². The van der Waals surface area contributed by atoms with Crippen LogP contribution in [0, 0.1) is 5.92 Å². The summed E-state index contributed by atoms with van der Waals surface area (Å²) < 4.78 is 4.90. The molecule has 0 fully saturated rings. The lowest BCUT2D eigenvalue weighted by atomic mass is 10.3. The number of nitrogens with one attached hydrogen (secondary N) is 1. The minimum atomic E-state index is 0. The van der Waals surface area contributed by atoms with Crippen molar-refractivity contribution in [2.45, 2.75) is 20.3 Å². The van der Waals surface area contributed by atoms with Crippen LogP contribution in [0.2, 0.25) is 0 Å². The van der Waals surface area contributed by atoms with Crippen molar-refractivity contribution < 1.29 is 4.74 Å². The zero-order valence-corrected chi connectivity index (χ0v) is 14.2. The molecule has 104 valence electrons. The molecule has 0 amide bonds. The van der Waals surface area contributed by atoms with Crippen molar-refractivity contribution in [3.63, 3.8) is 0 Å². The van der Waals surface area contributed by atoms with Crippen LogP contribution in [0.15, 0.2) is 4.99 Å². The van der Waals surface area contributed by atoms with E-state index < -0.39 is 0 Å². The van der Waals surface area contributed by atoms with E-state index in [0.29, 0.717) is 19.1 Å². The summed E-state index contributed by atoms with van der Waals surface area (Å²) in [7, 11) is 1.67. The fourth-order valence-electron chi connectivity index (χ4n) is 1.02. The molecule has 0 saturated carbocycles. The Morgan fingerprint density at radius 3 is 2.76 bits per heavy atom. The molecule has 0 bridgehead atoms. The molecule has 0 aromatic carbocycles. The standard InChI is InChI=1S/C11H25N3OS.HI/c1-10(2)9-16-8-4-5-13-11(12)14-6-7-15-3;/h10H,4-9H2,1-3H3,(H3,12,13,14);1H. The summed E-state index contributed by atoms with van der Waals surface area (Å²) in [6.07, 6.45) is 1.09. The fraction of sp³-hybridized carbons (Fsp3) is 0.909. The van der Waals surface area contributed by atoms with Crippen molar-refractivity contribution in [3.8, 4) is 0 Å². The monoisotopic (exact) mass is 375 g/mol. The molecule has 0 atom stereocenters. The predicted octanol–water partition coefficient (Wildman–Crippen LogP) is 1.93. The molecule has 0 aromatic heterocycles. The van der Waals surface area contributed by atoms with Gasteiger partial charge in [0.15, 0.2) is 5.96 Å². The first-order valence-corrected chi connectivity index (χ1v) is 6.92. The molecule has 0 heterocycles. The van der Waals surface area contributed by atoms with Crippen molar-refractivity contribution in [1.82, 2.24) is 5.32 Å². The zero-order valence-electron chi connectivity index (χ0n) is 11.1. The minimum Gasteiger partial charge on any atom is -0.383 e. The number of halogens is 1. The molecule has 6 heteroatoms. The zero-order chi connectivity index (χ0) is 12.2. The second-order valence-electron chi connectivity index (χ2n) is 4.01.